The van der Waals surface area contributed by atoms with E-state index in [-0.39, 0.29) is 16.1 Å². The summed E-state index contributed by atoms with van der Waals surface area (Å²) in [5.41, 5.74) is -2.36. The molecule has 1 aromatic rings. The van der Waals surface area contributed by atoms with Crippen molar-refractivity contribution in [3.63, 3.8) is 0 Å². The molecule has 1 aromatic heterocycles. The Labute approximate surface area is 109 Å². The second-order valence-corrected chi connectivity index (χ2v) is 4.69. The fourth-order valence-corrected chi connectivity index (χ4v) is 1.98. The first-order chi connectivity index (χ1) is 8.34. The number of furan rings is 1. The number of hydrazone groups is 1. The number of nitrogens with zero attached hydrogens (tertiary/aromatic N) is 2. The van der Waals surface area contributed by atoms with E-state index in [4.69, 9.17) is 4.42 Å². The van der Waals surface area contributed by atoms with Crippen molar-refractivity contribution in [1.82, 2.24) is 5.01 Å². The van der Waals surface area contributed by atoms with E-state index in [0.29, 0.717) is 5.01 Å². The van der Waals surface area contributed by atoms with Gasteiger partial charge in [0, 0.05) is 12.1 Å². The van der Waals surface area contributed by atoms with Crippen molar-refractivity contribution in [2.45, 2.75) is 25.5 Å². The monoisotopic (exact) mass is 322 g/mol. The predicted molar refractivity (Wildman–Crippen MR) is 61.3 cm³/mol. The lowest BCUT2D eigenvalue weighted by Gasteiger charge is -2.29. The average molecular weight is 323 g/mol. The SMILES string of the molecule is CC1=NN(C(=O)c2ccc(Br)o2)C(O)(C(F)F)C1. The Kier molecular flexibility index (Phi) is 3.24. The highest BCUT2D eigenvalue weighted by Gasteiger charge is 2.51. The molecule has 1 N–H and O–H groups in total. The molecule has 1 unspecified atom stereocenters. The van der Waals surface area contributed by atoms with Crippen LogP contribution in [0.4, 0.5) is 8.78 Å². The third-order valence-corrected chi connectivity index (χ3v) is 2.91. The van der Waals surface area contributed by atoms with Crippen LogP contribution in [0.15, 0.2) is 26.3 Å². The molecule has 0 bridgehead atoms. The third-order valence-electron chi connectivity index (χ3n) is 2.48. The van der Waals surface area contributed by atoms with E-state index in [1.807, 2.05) is 0 Å². The molecule has 1 aliphatic heterocycles. The zero-order valence-corrected chi connectivity index (χ0v) is 10.8. The Hall–Kier alpha value is -1.28. The highest BCUT2D eigenvalue weighted by molar-refractivity contribution is 9.10. The molecule has 0 saturated heterocycles. The van der Waals surface area contributed by atoms with Gasteiger partial charge in [-0.2, -0.15) is 10.1 Å². The Morgan fingerprint density at radius 2 is 2.33 bits per heavy atom. The third kappa shape index (κ3) is 2.05. The molecule has 2 rings (SSSR count). The first-order valence-electron chi connectivity index (χ1n) is 4.99. The molecule has 0 aliphatic carbocycles. The standard InChI is InChI=1S/C10H9BrF2N2O3/c1-5-4-10(17,9(12)13)15(14-5)8(16)6-2-3-7(11)18-6/h2-3,9,17H,4H2,1H3. The van der Waals surface area contributed by atoms with Crippen molar-refractivity contribution in [2.24, 2.45) is 5.10 Å². The number of amides is 1. The van der Waals surface area contributed by atoms with Crippen molar-refractivity contribution in [1.29, 1.82) is 0 Å². The lowest BCUT2D eigenvalue weighted by atomic mass is 10.1. The first-order valence-corrected chi connectivity index (χ1v) is 5.78. The van der Waals surface area contributed by atoms with Crippen molar-refractivity contribution in [2.75, 3.05) is 0 Å². The largest absolute Gasteiger partial charge is 0.444 e. The van der Waals surface area contributed by atoms with Crippen LogP contribution in [-0.2, 0) is 0 Å². The Balaban J connectivity index is 2.34. The zero-order valence-electron chi connectivity index (χ0n) is 9.23. The zero-order chi connectivity index (χ0) is 13.5. The summed E-state index contributed by atoms with van der Waals surface area (Å²) in [7, 11) is 0. The van der Waals surface area contributed by atoms with Crippen LogP contribution >= 0.6 is 15.9 Å². The maximum absolute atomic E-state index is 12.9. The minimum Gasteiger partial charge on any atom is -0.444 e. The van der Waals surface area contributed by atoms with E-state index in [1.54, 1.807) is 0 Å². The van der Waals surface area contributed by atoms with Gasteiger partial charge < -0.3 is 9.52 Å². The number of rotatable bonds is 2. The molecule has 5 nitrogen and oxygen atoms in total. The molecule has 1 amide bonds. The number of hydrogen-bond acceptors (Lipinski definition) is 4. The Morgan fingerprint density at radius 3 is 2.83 bits per heavy atom. The summed E-state index contributed by atoms with van der Waals surface area (Å²) >= 11 is 2.99. The highest BCUT2D eigenvalue weighted by atomic mass is 79.9. The van der Waals surface area contributed by atoms with E-state index >= 15 is 0 Å². The molecule has 0 saturated carbocycles. The lowest BCUT2D eigenvalue weighted by Crippen LogP contribution is -2.51. The molecule has 1 aliphatic rings. The topological polar surface area (TPSA) is 66.0 Å². The molecular weight excluding hydrogens is 314 g/mol. The van der Waals surface area contributed by atoms with Gasteiger partial charge in [-0.25, -0.2) is 8.78 Å². The van der Waals surface area contributed by atoms with Crippen molar-refractivity contribution in [3.8, 4) is 0 Å². The molecule has 0 spiro atoms. The van der Waals surface area contributed by atoms with E-state index in [2.05, 4.69) is 21.0 Å². The van der Waals surface area contributed by atoms with E-state index < -0.39 is 24.5 Å². The maximum Gasteiger partial charge on any atom is 0.312 e. The fourth-order valence-electron chi connectivity index (χ4n) is 1.67. The quantitative estimate of drug-likeness (QED) is 0.907. The molecule has 2 heterocycles. The van der Waals surface area contributed by atoms with E-state index in [1.165, 1.54) is 19.1 Å². The smallest absolute Gasteiger partial charge is 0.312 e. The van der Waals surface area contributed by atoms with Crippen LogP contribution in [0, 0.1) is 0 Å². The summed E-state index contributed by atoms with van der Waals surface area (Å²) in [6, 6.07) is 2.75. The average Bonchev–Trinajstić information content (AvgIpc) is 2.82. The second-order valence-electron chi connectivity index (χ2n) is 3.91. The normalized spacial score (nSPS) is 23.7. The number of aliphatic hydroxyl groups is 1. The number of hydrogen-bond donors (Lipinski definition) is 1. The van der Waals surface area contributed by atoms with Gasteiger partial charge in [0.1, 0.15) is 0 Å². The van der Waals surface area contributed by atoms with Crippen molar-refractivity contribution < 1.29 is 23.1 Å². The number of carbonyl (C=O) groups is 1. The van der Waals surface area contributed by atoms with Gasteiger partial charge in [0.15, 0.2) is 10.4 Å². The van der Waals surface area contributed by atoms with Gasteiger partial charge in [-0.1, -0.05) is 0 Å². The number of halogens is 3. The minimum absolute atomic E-state index is 0.181. The van der Waals surface area contributed by atoms with Crippen LogP contribution in [0.2, 0.25) is 0 Å². The van der Waals surface area contributed by atoms with Gasteiger partial charge in [0.25, 0.3) is 6.43 Å². The molecule has 0 aromatic carbocycles. The van der Waals surface area contributed by atoms with Gasteiger partial charge in [0.05, 0.1) is 0 Å². The maximum atomic E-state index is 12.9. The van der Waals surface area contributed by atoms with Crippen LogP contribution in [0.1, 0.15) is 23.9 Å². The number of alkyl halides is 2. The molecule has 18 heavy (non-hydrogen) atoms. The molecule has 0 fully saturated rings. The lowest BCUT2D eigenvalue weighted by molar-refractivity contribution is -0.164. The second kappa shape index (κ2) is 4.43. The highest BCUT2D eigenvalue weighted by Crippen LogP contribution is 2.33. The summed E-state index contributed by atoms with van der Waals surface area (Å²) in [5.74, 6) is -1.10. The van der Waals surface area contributed by atoms with E-state index in [9.17, 15) is 18.7 Å². The fraction of sp³-hybridized carbons (Fsp3) is 0.400. The van der Waals surface area contributed by atoms with Gasteiger partial charge in [-0.05, 0) is 35.0 Å². The summed E-state index contributed by atoms with van der Waals surface area (Å²) < 4.78 is 31.0. The number of carbonyl (C=O) groups excluding carboxylic acids is 1. The van der Waals surface area contributed by atoms with Gasteiger partial charge >= 0.3 is 5.91 Å². The van der Waals surface area contributed by atoms with Gasteiger partial charge in [-0.3, -0.25) is 4.79 Å². The summed E-state index contributed by atoms with van der Waals surface area (Å²) in [5, 5.41) is 13.8. The van der Waals surface area contributed by atoms with Gasteiger partial charge in [0.2, 0.25) is 5.72 Å². The molecule has 98 valence electrons. The van der Waals surface area contributed by atoms with Crippen LogP contribution in [0.25, 0.3) is 0 Å². The van der Waals surface area contributed by atoms with Crippen LogP contribution in [0.3, 0.4) is 0 Å². The molecule has 0 radical (unpaired) electrons. The first kappa shape index (κ1) is 13.2. The summed E-state index contributed by atoms with van der Waals surface area (Å²) in [6.45, 7) is 1.46. The van der Waals surface area contributed by atoms with Crippen LogP contribution < -0.4 is 0 Å². The van der Waals surface area contributed by atoms with Crippen molar-refractivity contribution >= 4 is 27.5 Å². The van der Waals surface area contributed by atoms with E-state index in [0.717, 1.165) is 0 Å². The minimum atomic E-state index is -3.12. The Bertz CT molecular complexity index is 517. The molecule has 1 atom stereocenters. The summed E-state index contributed by atoms with van der Waals surface area (Å²) in [4.78, 5) is 11.9. The van der Waals surface area contributed by atoms with Gasteiger partial charge in [-0.15, -0.1) is 0 Å². The molecular formula is C10H9BrF2N2O3. The van der Waals surface area contributed by atoms with Crippen molar-refractivity contribution in [3.05, 3.63) is 22.6 Å². The molecule has 8 heteroatoms. The van der Waals surface area contributed by atoms with Crippen LogP contribution in [0.5, 0.6) is 0 Å². The summed E-state index contributed by atoms with van der Waals surface area (Å²) in [6.07, 6.45) is -3.51. The van der Waals surface area contributed by atoms with Crippen LogP contribution in [-0.4, -0.2) is 33.9 Å². The predicted octanol–water partition coefficient (Wildman–Crippen LogP) is 2.22. The Morgan fingerprint density at radius 1 is 1.67 bits per heavy atom.